The minimum absolute atomic E-state index is 0.104. The lowest BCUT2D eigenvalue weighted by atomic mass is 10.1. The zero-order valence-electron chi connectivity index (χ0n) is 19.4. The fourth-order valence-electron chi connectivity index (χ4n) is 4.08. The average molecular weight is 501 g/mol. The largest absolute Gasteiger partial charge is 0.484 e. The Morgan fingerprint density at radius 2 is 1.69 bits per heavy atom. The third-order valence-corrected chi connectivity index (χ3v) is 7.37. The van der Waals surface area contributed by atoms with E-state index in [4.69, 9.17) is 4.74 Å². The molecule has 0 bridgehead atoms. The second kappa shape index (κ2) is 11.0. The lowest BCUT2D eigenvalue weighted by Crippen LogP contribution is -2.50. The Kier molecular flexibility index (Phi) is 8.35. The number of rotatable bonds is 8. The molecule has 0 heterocycles. The summed E-state index contributed by atoms with van der Waals surface area (Å²) in [7, 11) is 0. The van der Waals surface area contributed by atoms with Crippen LogP contribution in [-0.2, 0) is 16.1 Å². The zero-order valence-corrected chi connectivity index (χ0v) is 21.0. The Balaban J connectivity index is 1.73. The van der Waals surface area contributed by atoms with Crippen LogP contribution < -0.4 is 10.1 Å². The first-order valence-corrected chi connectivity index (χ1v) is 12.1. The topological polar surface area (TPSA) is 58.6 Å². The van der Waals surface area contributed by atoms with Crippen LogP contribution in [0, 0.1) is 20.8 Å². The van der Waals surface area contributed by atoms with Crippen molar-refractivity contribution in [2.24, 2.45) is 0 Å². The number of amides is 2. The molecule has 0 aliphatic heterocycles. The van der Waals surface area contributed by atoms with Crippen LogP contribution in [0.5, 0.6) is 5.75 Å². The highest BCUT2D eigenvalue weighted by Crippen LogP contribution is 2.26. The Morgan fingerprint density at radius 3 is 2.28 bits per heavy atom. The molecular formula is C26H33BrN2O3. The standard InChI is InChI=1S/C26H33BrN2O3/c1-17-9-11-21(12-10-17)15-29(20(4)26(31)28-22-7-5-6-8-22)24(30)16-32-23-13-18(2)25(27)19(3)14-23/h9-14,20,22H,5-8,15-16H2,1-4H3,(H,28,31)/t20-/m1/s1. The van der Waals surface area contributed by atoms with Crippen LogP contribution in [0.2, 0.25) is 0 Å². The second-order valence-electron chi connectivity index (χ2n) is 8.83. The summed E-state index contributed by atoms with van der Waals surface area (Å²) < 4.78 is 6.88. The van der Waals surface area contributed by atoms with Crippen LogP contribution in [0.4, 0.5) is 0 Å². The minimum Gasteiger partial charge on any atom is -0.484 e. The Morgan fingerprint density at radius 1 is 1.09 bits per heavy atom. The molecule has 0 saturated heterocycles. The van der Waals surface area contributed by atoms with Gasteiger partial charge in [-0.15, -0.1) is 0 Å². The summed E-state index contributed by atoms with van der Waals surface area (Å²) in [6.07, 6.45) is 4.31. The van der Waals surface area contributed by atoms with E-state index in [0.29, 0.717) is 12.3 Å². The summed E-state index contributed by atoms with van der Waals surface area (Å²) in [4.78, 5) is 27.8. The number of aryl methyl sites for hydroxylation is 3. The van der Waals surface area contributed by atoms with Gasteiger partial charge in [-0.1, -0.05) is 58.6 Å². The van der Waals surface area contributed by atoms with E-state index in [-0.39, 0.29) is 24.5 Å². The molecule has 5 nitrogen and oxygen atoms in total. The minimum atomic E-state index is -0.582. The summed E-state index contributed by atoms with van der Waals surface area (Å²) in [6, 6.07) is 11.5. The number of nitrogens with one attached hydrogen (secondary N) is 1. The van der Waals surface area contributed by atoms with Gasteiger partial charge in [-0.05, 0) is 69.4 Å². The van der Waals surface area contributed by atoms with Gasteiger partial charge in [0.15, 0.2) is 6.61 Å². The van der Waals surface area contributed by atoms with Crippen molar-refractivity contribution in [3.8, 4) is 5.75 Å². The van der Waals surface area contributed by atoms with Gasteiger partial charge in [0.05, 0.1) is 0 Å². The van der Waals surface area contributed by atoms with Crippen molar-refractivity contribution in [3.63, 3.8) is 0 Å². The molecule has 1 fully saturated rings. The molecule has 6 heteroatoms. The van der Waals surface area contributed by atoms with Crippen LogP contribution in [0.1, 0.15) is 54.9 Å². The van der Waals surface area contributed by atoms with Crippen LogP contribution in [0.25, 0.3) is 0 Å². The first-order chi connectivity index (χ1) is 15.2. The molecule has 1 aliphatic carbocycles. The van der Waals surface area contributed by atoms with Crippen LogP contribution in [0.3, 0.4) is 0 Å². The van der Waals surface area contributed by atoms with Gasteiger partial charge in [0.1, 0.15) is 11.8 Å². The van der Waals surface area contributed by atoms with Crippen molar-refractivity contribution < 1.29 is 14.3 Å². The molecule has 1 saturated carbocycles. The van der Waals surface area contributed by atoms with Crippen molar-refractivity contribution >= 4 is 27.7 Å². The van der Waals surface area contributed by atoms with E-state index in [1.165, 1.54) is 0 Å². The SMILES string of the molecule is Cc1ccc(CN(C(=O)COc2cc(C)c(Br)c(C)c2)[C@H](C)C(=O)NC2CCCC2)cc1. The average Bonchev–Trinajstić information content (AvgIpc) is 3.27. The third-order valence-electron chi connectivity index (χ3n) is 6.11. The fourth-order valence-corrected chi connectivity index (χ4v) is 4.31. The van der Waals surface area contributed by atoms with Crippen LogP contribution in [0.15, 0.2) is 40.9 Å². The zero-order chi connectivity index (χ0) is 23.3. The molecule has 0 aromatic heterocycles. The van der Waals surface area contributed by atoms with E-state index in [2.05, 4.69) is 21.2 Å². The number of hydrogen-bond donors (Lipinski definition) is 1. The highest BCUT2D eigenvalue weighted by Gasteiger charge is 2.28. The van der Waals surface area contributed by atoms with Crippen LogP contribution >= 0.6 is 15.9 Å². The quantitative estimate of drug-likeness (QED) is 0.539. The number of carbonyl (C=O) groups is 2. The molecule has 3 rings (SSSR count). The maximum absolute atomic E-state index is 13.2. The second-order valence-corrected chi connectivity index (χ2v) is 9.63. The predicted molar refractivity (Wildman–Crippen MR) is 131 cm³/mol. The van der Waals surface area contributed by atoms with E-state index in [9.17, 15) is 9.59 Å². The predicted octanol–water partition coefficient (Wildman–Crippen LogP) is 5.23. The van der Waals surface area contributed by atoms with Gasteiger partial charge in [0.2, 0.25) is 5.91 Å². The third kappa shape index (κ3) is 6.35. The van der Waals surface area contributed by atoms with Crippen molar-refractivity contribution in [2.75, 3.05) is 6.61 Å². The Labute approximate surface area is 199 Å². The first kappa shape index (κ1) is 24.3. The molecule has 172 valence electrons. The van der Waals surface area contributed by atoms with Gasteiger partial charge in [-0.3, -0.25) is 9.59 Å². The number of ether oxygens (including phenoxy) is 1. The van der Waals surface area contributed by atoms with E-state index >= 15 is 0 Å². The number of benzene rings is 2. The molecule has 2 amide bonds. The van der Waals surface area contributed by atoms with Gasteiger partial charge in [-0.2, -0.15) is 0 Å². The molecule has 0 spiro atoms. The number of halogens is 1. The van der Waals surface area contributed by atoms with Gasteiger partial charge >= 0.3 is 0 Å². The summed E-state index contributed by atoms with van der Waals surface area (Å²) in [5.74, 6) is 0.334. The monoisotopic (exact) mass is 500 g/mol. The van der Waals surface area contributed by atoms with Crippen molar-refractivity contribution in [1.82, 2.24) is 10.2 Å². The molecule has 0 unspecified atom stereocenters. The van der Waals surface area contributed by atoms with E-state index < -0.39 is 6.04 Å². The number of carbonyl (C=O) groups excluding carboxylic acids is 2. The van der Waals surface area contributed by atoms with E-state index in [1.54, 1.807) is 11.8 Å². The number of hydrogen-bond acceptors (Lipinski definition) is 3. The van der Waals surface area contributed by atoms with Gasteiger partial charge in [0, 0.05) is 17.1 Å². The van der Waals surface area contributed by atoms with Gasteiger partial charge in [-0.25, -0.2) is 0 Å². The molecule has 1 atom stereocenters. The fraction of sp³-hybridized carbons (Fsp3) is 0.462. The Hall–Kier alpha value is -2.34. The van der Waals surface area contributed by atoms with Crippen LogP contribution in [-0.4, -0.2) is 35.4 Å². The summed E-state index contributed by atoms with van der Waals surface area (Å²) >= 11 is 3.55. The Bertz CT molecular complexity index is 929. The highest BCUT2D eigenvalue weighted by molar-refractivity contribution is 9.10. The molecule has 2 aromatic rings. The summed E-state index contributed by atoms with van der Waals surface area (Å²) in [5, 5.41) is 3.12. The lowest BCUT2D eigenvalue weighted by molar-refractivity contribution is -0.142. The molecule has 32 heavy (non-hydrogen) atoms. The summed E-state index contributed by atoms with van der Waals surface area (Å²) in [6.45, 7) is 8.05. The van der Waals surface area contributed by atoms with Crippen molar-refractivity contribution in [3.05, 3.63) is 63.1 Å². The normalized spacial score (nSPS) is 14.8. The van der Waals surface area contributed by atoms with Gasteiger partial charge < -0.3 is 15.0 Å². The molecule has 0 radical (unpaired) electrons. The van der Waals surface area contributed by atoms with Gasteiger partial charge in [0.25, 0.3) is 5.91 Å². The van der Waals surface area contributed by atoms with E-state index in [1.807, 2.05) is 57.2 Å². The summed E-state index contributed by atoms with van der Waals surface area (Å²) in [5.41, 5.74) is 4.24. The lowest BCUT2D eigenvalue weighted by Gasteiger charge is -2.29. The molecule has 2 aromatic carbocycles. The smallest absolute Gasteiger partial charge is 0.261 e. The van der Waals surface area contributed by atoms with Crippen molar-refractivity contribution in [1.29, 1.82) is 0 Å². The highest BCUT2D eigenvalue weighted by atomic mass is 79.9. The maximum atomic E-state index is 13.2. The molecule has 1 N–H and O–H groups in total. The maximum Gasteiger partial charge on any atom is 0.261 e. The van der Waals surface area contributed by atoms with Crippen molar-refractivity contribution in [2.45, 2.75) is 72.0 Å². The molecular weight excluding hydrogens is 468 g/mol. The first-order valence-electron chi connectivity index (χ1n) is 11.3. The number of nitrogens with zero attached hydrogens (tertiary/aromatic N) is 1. The van der Waals surface area contributed by atoms with E-state index in [0.717, 1.165) is 52.4 Å². The molecule has 1 aliphatic rings.